The summed E-state index contributed by atoms with van der Waals surface area (Å²) in [4.78, 5) is 15.5. The molecule has 0 aliphatic heterocycles. The molecule has 1 amide bonds. The number of pyridine rings is 1. The zero-order valence-electron chi connectivity index (χ0n) is 9.61. The first kappa shape index (κ1) is 13.5. The Morgan fingerprint density at radius 2 is 2.41 bits per heavy atom. The van der Waals surface area contributed by atoms with Crippen molar-refractivity contribution in [1.82, 2.24) is 10.3 Å². The van der Waals surface area contributed by atoms with Gasteiger partial charge in [0.25, 0.3) is 5.91 Å². The van der Waals surface area contributed by atoms with Crippen LogP contribution in [0.25, 0.3) is 0 Å². The first-order valence-electron chi connectivity index (χ1n) is 5.42. The molecule has 1 unspecified atom stereocenters. The van der Waals surface area contributed by atoms with Crippen molar-refractivity contribution in [3.63, 3.8) is 0 Å². The van der Waals surface area contributed by atoms with Gasteiger partial charge in [-0.2, -0.15) is 5.26 Å². The van der Waals surface area contributed by atoms with E-state index in [0.717, 1.165) is 12.8 Å². The van der Waals surface area contributed by atoms with E-state index < -0.39 is 0 Å². The second kappa shape index (κ2) is 6.87. The topological polar surface area (TPSA) is 65.8 Å². The highest BCUT2D eigenvalue weighted by atomic mass is 35.5. The molecule has 0 spiro atoms. The number of aromatic nitrogens is 1. The summed E-state index contributed by atoms with van der Waals surface area (Å²) >= 11 is 5.79. The van der Waals surface area contributed by atoms with Crippen molar-refractivity contribution in [2.45, 2.75) is 25.1 Å². The molecular formula is C12H14ClN3O. The summed E-state index contributed by atoms with van der Waals surface area (Å²) in [7, 11) is 0. The van der Waals surface area contributed by atoms with E-state index in [2.05, 4.69) is 10.3 Å². The number of carbonyl (C=O) groups is 1. The highest BCUT2D eigenvalue weighted by molar-refractivity contribution is 6.20. The SMILES string of the molecule is CC(Cl)CCCNC(=O)c1ccc(C#N)cn1. The average molecular weight is 252 g/mol. The summed E-state index contributed by atoms with van der Waals surface area (Å²) in [6, 6.07) is 5.06. The lowest BCUT2D eigenvalue weighted by atomic mass is 10.2. The third-order valence-corrected chi connectivity index (χ3v) is 2.41. The van der Waals surface area contributed by atoms with E-state index >= 15 is 0 Å². The van der Waals surface area contributed by atoms with Crippen molar-refractivity contribution in [3.8, 4) is 6.07 Å². The molecule has 0 fully saturated rings. The fraction of sp³-hybridized carbons (Fsp3) is 0.417. The van der Waals surface area contributed by atoms with Gasteiger partial charge in [-0.25, -0.2) is 4.98 Å². The molecule has 0 bridgehead atoms. The van der Waals surface area contributed by atoms with Crippen LogP contribution in [-0.2, 0) is 0 Å². The Morgan fingerprint density at radius 3 is 2.94 bits per heavy atom. The highest BCUT2D eigenvalue weighted by Crippen LogP contribution is 2.03. The lowest BCUT2D eigenvalue weighted by Gasteiger charge is -2.05. The van der Waals surface area contributed by atoms with Gasteiger partial charge in [-0.05, 0) is 31.9 Å². The van der Waals surface area contributed by atoms with E-state index in [4.69, 9.17) is 16.9 Å². The van der Waals surface area contributed by atoms with Crippen LogP contribution in [0, 0.1) is 11.3 Å². The summed E-state index contributed by atoms with van der Waals surface area (Å²) in [5.41, 5.74) is 0.764. The molecule has 0 aliphatic carbocycles. The maximum Gasteiger partial charge on any atom is 0.269 e. The van der Waals surface area contributed by atoms with Crippen LogP contribution in [0.15, 0.2) is 18.3 Å². The van der Waals surface area contributed by atoms with E-state index in [-0.39, 0.29) is 11.3 Å². The lowest BCUT2D eigenvalue weighted by molar-refractivity contribution is 0.0948. The fourth-order valence-corrected chi connectivity index (χ4v) is 1.42. The molecule has 0 aromatic carbocycles. The molecule has 0 aliphatic rings. The van der Waals surface area contributed by atoms with Crippen molar-refractivity contribution in [3.05, 3.63) is 29.6 Å². The molecule has 1 aromatic rings. The molecule has 0 saturated carbocycles. The summed E-state index contributed by atoms with van der Waals surface area (Å²) in [5.74, 6) is -0.225. The van der Waals surface area contributed by atoms with Crippen LogP contribution in [0.4, 0.5) is 0 Å². The molecular weight excluding hydrogens is 238 g/mol. The zero-order valence-corrected chi connectivity index (χ0v) is 10.4. The maximum absolute atomic E-state index is 11.6. The number of nitriles is 1. The van der Waals surface area contributed by atoms with Crippen LogP contribution < -0.4 is 5.32 Å². The van der Waals surface area contributed by atoms with Crippen LogP contribution >= 0.6 is 11.6 Å². The molecule has 4 nitrogen and oxygen atoms in total. The average Bonchev–Trinajstić information content (AvgIpc) is 2.34. The molecule has 1 N–H and O–H groups in total. The standard InChI is InChI=1S/C12H14ClN3O/c1-9(13)3-2-6-15-12(17)11-5-4-10(7-14)8-16-11/h4-5,8-9H,2-3,6H2,1H3,(H,15,17). The summed E-state index contributed by atoms with van der Waals surface area (Å²) < 4.78 is 0. The molecule has 1 aromatic heterocycles. The predicted molar refractivity (Wildman–Crippen MR) is 65.8 cm³/mol. The van der Waals surface area contributed by atoms with Crippen molar-refractivity contribution >= 4 is 17.5 Å². The van der Waals surface area contributed by atoms with Crippen molar-refractivity contribution < 1.29 is 4.79 Å². The Kier molecular flexibility index (Phi) is 5.44. The Balaban J connectivity index is 2.39. The number of alkyl halides is 1. The van der Waals surface area contributed by atoms with Crippen molar-refractivity contribution in [1.29, 1.82) is 5.26 Å². The van der Waals surface area contributed by atoms with Gasteiger partial charge >= 0.3 is 0 Å². The smallest absolute Gasteiger partial charge is 0.269 e. The minimum absolute atomic E-state index is 0.125. The highest BCUT2D eigenvalue weighted by Gasteiger charge is 2.06. The quantitative estimate of drug-likeness (QED) is 0.644. The molecule has 0 radical (unpaired) electrons. The van der Waals surface area contributed by atoms with E-state index in [1.54, 1.807) is 6.07 Å². The molecule has 5 heteroatoms. The van der Waals surface area contributed by atoms with Gasteiger partial charge in [0.15, 0.2) is 0 Å². The Hall–Kier alpha value is -1.60. The van der Waals surface area contributed by atoms with Crippen LogP contribution in [0.1, 0.15) is 35.8 Å². The Bertz CT molecular complexity index is 409. The largest absolute Gasteiger partial charge is 0.351 e. The second-order valence-corrected chi connectivity index (χ2v) is 4.47. The minimum Gasteiger partial charge on any atom is -0.351 e. The maximum atomic E-state index is 11.6. The van der Waals surface area contributed by atoms with Crippen LogP contribution in [-0.4, -0.2) is 22.8 Å². The van der Waals surface area contributed by atoms with Crippen LogP contribution in [0.2, 0.25) is 0 Å². The van der Waals surface area contributed by atoms with Gasteiger partial charge in [0.1, 0.15) is 11.8 Å². The molecule has 1 heterocycles. The van der Waals surface area contributed by atoms with Gasteiger partial charge in [0.05, 0.1) is 5.56 Å². The third-order valence-electron chi connectivity index (χ3n) is 2.19. The zero-order chi connectivity index (χ0) is 12.7. The Morgan fingerprint density at radius 1 is 1.65 bits per heavy atom. The third kappa shape index (κ3) is 4.83. The van der Waals surface area contributed by atoms with Gasteiger partial charge in [-0.15, -0.1) is 11.6 Å². The number of hydrogen-bond donors (Lipinski definition) is 1. The van der Waals surface area contributed by atoms with Gasteiger partial charge in [-0.1, -0.05) is 0 Å². The first-order valence-corrected chi connectivity index (χ1v) is 5.85. The number of nitrogens with zero attached hydrogens (tertiary/aromatic N) is 2. The summed E-state index contributed by atoms with van der Waals surface area (Å²) in [5, 5.41) is 11.5. The van der Waals surface area contributed by atoms with Gasteiger partial charge < -0.3 is 5.32 Å². The first-order chi connectivity index (χ1) is 8.13. The molecule has 90 valence electrons. The number of hydrogen-bond acceptors (Lipinski definition) is 3. The van der Waals surface area contributed by atoms with Crippen molar-refractivity contribution in [2.24, 2.45) is 0 Å². The van der Waals surface area contributed by atoms with E-state index in [0.29, 0.717) is 17.8 Å². The normalized spacial score (nSPS) is 11.6. The van der Waals surface area contributed by atoms with Crippen molar-refractivity contribution in [2.75, 3.05) is 6.54 Å². The second-order valence-electron chi connectivity index (χ2n) is 3.72. The number of carbonyl (C=O) groups excluding carboxylic acids is 1. The number of halogens is 1. The molecule has 1 rings (SSSR count). The van der Waals surface area contributed by atoms with Crippen LogP contribution in [0.5, 0.6) is 0 Å². The van der Waals surface area contributed by atoms with Crippen LogP contribution in [0.3, 0.4) is 0 Å². The summed E-state index contributed by atoms with van der Waals surface area (Å²) in [6.07, 6.45) is 3.09. The molecule has 0 saturated heterocycles. The predicted octanol–water partition coefficient (Wildman–Crippen LogP) is 2.09. The number of nitrogens with one attached hydrogen (secondary N) is 1. The van der Waals surface area contributed by atoms with E-state index in [1.807, 2.05) is 13.0 Å². The number of amides is 1. The molecule has 1 atom stereocenters. The van der Waals surface area contributed by atoms with Gasteiger partial charge in [0.2, 0.25) is 0 Å². The summed E-state index contributed by atoms with van der Waals surface area (Å²) in [6.45, 7) is 2.50. The fourth-order valence-electron chi connectivity index (χ4n) is 1.27. The monoisotopic (exact) mass is 251 g/mol. The minimum atomic E-state index is -0.225. The lowest BCUT2D eigenvalue weighted by Crippen LogP contribution is -2.25. The molecule has 17 heavy (non-hydrogen) atoms. The van der Waals surface area contributed by atoms with Gasteiger partial charge in [-0.3, -0.25) is 4.79 Å². The van der Waals surface area contributed by atoms with E-state index in [1.165, 1.54) is 12.3 Å². The van der Waals surface area contributed by atoms with Gasteiger partial charge in [0, 0.05) is 18.1 Å². The number of rotatable bonds is 5. The van der Waals surface area contributed by atoms with E-state index in [9.17, 15) is 4.79 Å². The Labute approximate surface area is 106 Å².